The zero-order valence-corrected chi connectivity index (χ0v) is 15.2. The van der Waals surface area contributed by atoms with E-state index in [1.54, 1.807) is 4.90 Å². The first kappa shape index (κ1) is 17.3. The lowest BCUT2D eigenvalue weighted by molar-refractivity contribution is 0.0578. The van der Waals surface area contributed by atoms with Crippen LogP contribution in [0.1, 0.15) is 51.2 Å². The van der Waals surface area contributed by atoms with E-state index in [9.17, 15) is 4.79 Å². The smallest absolute Gasteiger partial charge is 0.414 e. The number of fused-ring (bicyclic) bond motifs is 1. The second-order valence-electron chi connectivity index (χ2n) is 8.12. The summed E-state index contributed by atoms with van der Waals surface area (Å²) in [6.07, 6.45) is 5.54. The number of benzene rings is 1. The van der Waals surface area contributed by atoms with Crippen LogP contribution < -0.4 is 10.2 Å². The molecule has 4 nitrogen and oxygen atoms in total. The van der Waals surface area contributed by atoms with Gasteiger partial charge in [-0.05, 0) is 89.1 Å². The molecule has 1 fully saturated rings. The molecule has 0 aliphatic carbocycles. The van der Waals surface area contributed by atoms with Crippen molar-refractivity contribution < 1.29 is 9.53 Å². The van der Waals surface area contributed by atoms with Crippen LogP contribution in [0.2, 0.25) is 0 Å². The fraction of sp³-hybridized carbons (Fsp3) is 0.650. The first-order valence-corrected chi connectivity index (χ1v) is 9.25. The molecule has 1 aromatic carbocycles. The highest BCUT2D eigenvalue weighted by Crippen LogP contribution is 2.30. The number of nitrogens with zero attached hydrogens (tertiary/aromatic N) is 1. The Balaban J connectivity index is 1.73. The summed E-state index contributed by atoms with van der Waals surface area (Å²) in [4.78, 5) is 14.3. The maximum absolute atomic E-state index is 12.5. The number of hydrogen-bond donors (Lipinski definition) is 1. The van der Waals surface area contributed by atoms with Crippen LogP contribution in [0, 0.1) is 5.92 Å². The molecule has 2 heterocycles. The standard InChI is InChI=1S/C20H30N2O2/c1-20(2,3)24-19(23)22-11-5-7-17-13-15(8-9-18(17)22)12-16-6-4-10-21-14-16/h8-9,13,16,21H,4-7,10-12,14H2,1-3H3. The Morgan fingerprint density at radius 1 is 1.33 bits per heavy atom. The van der Waals surface area contributed by atoms with Crippen LogP contribution in [0.5, 0.6) is 0 Å². The normalized spacial score (nSPS) is 21.3. The van der Waals surface area contributed by atoms with Crippen molar-refractivity contribution in [1.29, 1.82) is 0 Å². The Bertz CT molecular complexity index is 586. The minimum Gasteiger partial charge on any atom is -0.443 e. The third-order valence-electron chi connectivity index (χ3n) is 4.80. The molecule has 1 aromatic rings. The maximum Gasteiger partial charge on any atom is 0.414 e. The highest BCUT2D eigenvalue weighted by atomic mass is 16.6. The summed E-state index contributed by atoms with van der Waals surface area (Å²) in [5.41, 5.74) is 3.26. The quantitative estimate of drug-likeness (QED) is 0.894. The molecule has 0 saturated carbocycles. The highest BCUT2D eigenvalue weighted by molar-refractivity contribution is 5.89. The average Bonchev–Trinajstić information content (AvgIpc) is 2.53. The van der Waals surface area contributed by atoms with E-state index in [2.05, 4.69) is 23.5 Å². The van der Waals surface area contributed by atoms with Crippen LogP contribution in [0.25, 0.3) is 0 Å². The third-order valence-corrected chi connectivity index (χ3v) is 4.80. The predicted octanol–water partition coefficient (Wildman–Crippen LogP) is 3.92. The number of piperidine rings is 1. The van der Waals surface area contributed by atoms with Gasteiger partial charge in [0.1, 0.15) is 5.60 Å². The van der Waals surface area contributed by atoms with Crippen molar-refractivity contribution in [3.05, 3.63) is 29.3 Å². The van der Waals surface area contributed by atoms with E-state index in [0.717, 1.165) is 50.5 Å². The van der Waals surface area contributed by atoms with Crippen molar-refractivity contribution in [2.24, 2.45) is 5.92 Å². The lowest BCUT2D eigenvalue weighted by Crippen LogP contribution is -2.39. The molecule has 132 valence electrons. The fourth-order valence-corrected chi connectivity index (χ4v) is 3.72. The van der Waals surface area contributed by atoms with Crippen LogP contribution >= 0.6 is 0 Å². The van der Waals surface area contributed by atoms with E-state index in [0.29, 0.717) is 0 Å². The van der Waals surface area contributed by atoms with Crippen molar-refractivity contribution in [1.82, 2.24) is 5.32 Å². The molecule has 0 aromatic heterocycles. The monoisotopic (exact) mass is 330 g/mol. The van der Waals surface area contributed by atoms with E-state index < -0.39 is 5.60 Å². The number of anilines is 1. The van der Waals surface area contributed by atoms with Crippen molar-refractivity contribution in [2.45, 2.75) is 58.5 Å². The molecule has 1 amide bonds. The van der Waals surface area contributed by atoms with Gasteiger partial charge in [0.15, 0.2) is 0 Å². The lowest BCUT2D eigenvalue weighted by Gasteiger charge is -2.32. The predicted molar refractivity (Wildman–Crippen MR) is 97.6 cm³/mol. The summed E-state index contributed by atoms with van der Waals surface area (Å²) in [7, 11) is 0. The van der Waals surface area contributed by atoms with Gasteiger partial charge in [-0.3, -0.25) is 4.90 Å². The number of nitrogens with one attached hydrogen (secondary N) is 1. The summed E-state index contributed by atoms with van der Waals surface area (Å²) < 4.78 is 5.56. The van der Waals surface area contributed by atoms with Gasteiger partial charge in [-0.1, -0.05) is 12.1 Å². The van der Waals surface area contributed by atoms with Gasteiger partial charge < -0.3 is 10.1 Å². The first-order valence-electron chi connectivity index (χ1n) is 9.25. The van der Waals surface area contributed by atoms with Crippen LogP contribution in [-0.2, 0) is 17.6 Å². The van der Waals surface area contributed by atoms with Crippen LogP contribution in [0.3, 0.4) is 0 Å². The van der Waals surface area contributed by atoms with Crippen LogP contribution in [0.15, 0.2) is 18.2 Å². The van der Waals surface area contributed by atoms with Gasteiger partial charge in [-0.25, -0.2) is 4.79 Å². The largest absolute Gasteiger partial charge is 0.443 e. The molecule has 1 atom stereocenters. The second-order valence-corrected chi connectivity index (χ2v) is 8.12. The van der Waals surface area contributed by atoms with Crippen LogP contribution in [0.4, 0.5) is 10.5 Å². The van der Waals surface area contributed by atoms with Crippen molar-refractivity contribution in [2.75, 3.05) is 24.5 Å². The van der Waals surface area contributed by atoms with Crippen molar-refractivity contribution in [3.8, 4) is 0 Å². The van der Waals surface area contributed by atoms with Crippen molar-refractivity contribution in [3.63, 3.8) is 0 Å². The number of rotatable bonds is 2. The van der Waals surface area contributed by atoms with E-state index in [4.69, 9.17) is 4.74 Å². The summed E-state index contributed by atoms with van der Waals surface area (Å²) >= 11 is 0. The maximum atomic E-state index is 12.5. The number of carbonyl (C=O) groups is 1. The van der Waals surface area contributed by atoms with Crippen molar-refractivity contribution >= 4 is 11.8 Å². The molecule has 4 heteroatoms. The third kappa shape index (κ3) is 4.29. The van der Waals surface area contributed by atoms with Crippen LogP contribution in [-0.4, -0.2) is 31.3 Å². The minimum atomic E-state index is -0.456. The Labute approximate surface area is 145 Å². The second kappa shape index (κ2) is 7.14. The Morgan fingerprint density at radius 3 is 2.88 bits per heavy atom. The average molecular weight is 330 g/mol. The SMILES string of the molecule is CC(C)(C)OC(=O)N1CCCc2cc(CC3CCCNC3)ccc21. The van der Waals surface area contributed by atoms with E-state index >= 15 is 0 Å². The molecule has 1 saturated heterocycles. The van der Waals surface area contributed by atoms with E-state index in [1.165, 1.54) is 24.0 Å². The molecular weight excluding hydrogens is 300 g/mol. The fourth-order valence-electron chi connectivity index (χ4n) is 3.72. The Kier molecular flexibility index (Phi) is 5.14. The first-order chi connectivity index (χ1) is 11.4. The molecule has 2 aliphatic heterocycles. The molecule has 2 aliphatic rings. The zero-order chi connectivity index (χ0) is 17.2. The Morgan fingerprint density at radius 2 is 2.17 bits per heavy atom. The summed E-state index contributed by atoms with van der Waals surface area (Å²) in [6, 6.07) is 6.61. The van der Waals surface area contributed by atoms with Gasteiger partial charge in [0.25, 0.3) is 0 Å². The number of amides is 1. The van der Waals surface area contributed by atoms with E-state index in [-0.39, 0.29) is 6.09 Å². The molecule has 3 rings (SSSR count). The number of ether oxygens (including phenoxy) is 1. The van der Waals surface area contributed by atoms with Gasteiger partial charge >= 0.3 is 6.09 Å². The zero-order valence-electron chi connectivity index (χ0n) is 15.2. The molecule has 0 radical (unpaired) electrons. The topological polar surface area (TPSA) is 41.6 Å². The number of aryl methyl sites for hydroxylation is 1. The van der Waals surface area contributed by atoms with Gasteiger partial charge in [-0.2, -0.15) is 0 Å². The molecule has 0 bridgehead atoms. The number of hydrogen-bond acceptors (Lipinski definition) is 3. The molecule has 24 heavy (non-hydrogen) atoms. The van der Waals surface area contributed by atoms with Gasteiger partial charge in [-0.15, -0.1) is 0 Å². The Hall–Kier alpha value is -1.55. The minimum absolute atomic E-state index is 0.229. The summed E-state index contributed by atoms with van der Waals surface area (Å²) in [5.74, 6) is 0.738. The van der Waals surface area contributed by atoms with Gasteiger partial charge in [0, 0.05) is 6.54 Å². The lowest BCUT2D eigenvalue weighted by atomic mass is 9.90. The number of carbonyl (C=O) groups excluding carboxylic acids is 1. The van der Waals surface area contributed by atoms with Gasteiger partial charge in [0.2, 0.25) is 0 Å². The highest BCUT2D eigenvalue weighted by Gasteiger charge is 2.27. The van der Waals surface area contributed by atoms with Gasteiger partial charge in [0.05, 0.1) is 5.69 Å². The summed E-state index contributed by atoms with van der Waals surface area (Å²) in [6.45, 7) is 8.77. The molecule has 1 unspecified atom stereocenters. The molecule has 1 N–H and O–H groups in total. The summed E-state index contributed by atoms with van der Waals surface area (Å²) in [5, 5.41) is 3.49. The molecule has 0 spiro atoms. The molecular formula is C20H30N2O2. The van der Waals surface area contributed by atoms with E-state index in [1.807, 2.05) is 20.8 Å².